The van der Waals surface area contributed by atoms with E-state index < -0.39 is 0 Å². The molecular formula is C17H14ClN3S. The molecule has 0 fully saturated rings. The number of aryl methyl sites for hydroxylation is 1. The van der Waals surface area contributed by atoms with E-state index in [2.05, 4.69) is 27.1 Å². The highest BCUT2D eigenvalue weighted by Crippen LogP contribution is 2.24. The van der Waals surface area contributed by atoms with Gasteiger partial charge in [-0.05, 0) is 30.7 Å². The van der Waals surface area contributed by atoms with Crippen LogP contribution in [0.2, 0.25) is 5.02 Å². The second-order valence-electron chi connectivity index (χ2n) is 4.81. The summed E-state index contributed by atoms with van der Waals surface area (Å²) < 4.78 is 0. The summed E-state index contributed by atoms with van der Waals surface area (Å²) in [6.07, 6.45) is 1.61. The van der Waals surface area contributed by atoms with Crippen LogP contribution in [-0.2, 0) is 5.75 Å². The summed E-state index contributed by atoms with van der Waals surface area (Å²) in [7, 11) is 0. The third-order valence-electron chi connectivity index (χ3n) is 3.02. The minimum atomic E-state index is 0.607. The standard InChI is InChI=1S/C17H14ClN3S/c1-12-9-16(22-11-13-5-3-2-4-6-13)21-17(20-12)15-8-7-14(18)10-19-15/h2-10H,11H2,1H3. The predicted molar refractivity (Wildman–Crippen MR) is 91.0 cm³/mol. The van der Waals surface area contributed by atoms with Gasteiger partial charge >= 0.3 is 0 Å². The second kappa shape index (κ2) is 6.90. The fraction of sp³-hybridized carbons (Fsp3) is 0.118. The molecule has 3 nitrogen and oxygen atoms in total. The van der Waals surface area contributed by atoms with Gasteiger partial charge in [0, 0.05) is 17.6 Å². The Morgan fingerprint density at radius 3 is 2.59 bits per heavy atom. The Balaban J connectivity index is 1.82. The topological polar surface area (TPSA) is 38.7 Å². The molecule has 0 spiro atoms. The Labute approximate surface area is 138 Å². The van der Waals surface area contributed by atoms with E-state index in [0.29, 0.717) is 10.8 Å². The monoisotopic (exact) mass is 327 g/mol. The summed E-state index contributed by atoms with van der Waals surface area (Å²) in [5, 5.41) is 1.55. The number of pyridine rings is 1. The Kier molecular flexibility index (Phi) is 4.71. The first-order chi connectivity index (χ1) is 10.7. The molecule has 5 heteroatoms. The minimum absolute atomic E-state index is 0.607. The van der Waals surface area contributed by atoms with Crippen molar-refractivity contribution in [3.63, 3.8) is 0 Å². The van der Waals surface area contributed by atoms with Crippen molar-refractivity contribution in [1.82, 2.24) is 15.0 Å². The Morgan fingerprint density at radius 2 is 1.86 bits per heavy atom. The molecule has 0 bridgehead atoms. The van der Waals surface area contributed by atoms with E-state index in [4.69, 9.17) is 11.6 Å². The van der Waals surface area contributed by atoms with E-state index >= 15 is 0 Å². The summed E-state index contributed by atoms with van der Waals surface area (Å²) in [5.74, 6) is 1.51. The number of nitrogens with zero attached hydrogens (tertiary/aromatic N) is 3. The van der Waals surface area contributed by atoms with Crippen molar-refractivity contribution >= 4 is 23.4 Å². The van der Waals surface area contributed by atoms with E-state index in [1.54, 1.807) is 24.0 Å². The average molecular weight is 328 g/mol. The third-order valence-corrected chi connectivity index (χ3v) is 4.22. The van der Waals surface area contributed by atoms with Crippen molar-refractivity contribution in [2.45, 2.75) is 17.7 Å². The molecule has 0 aliphatic rings. The summed E-state index contributed by atoms with van der Waals surface area (Å²) in [5.41, 5.74) is 2.93. The molecule has 0 saturated heterocycles. The Morgan fingerprint density at radius 1 is 1.05 bits per heavy atom. The van der Waals surface area contributed by atoms with Gasteiger partial charge in [0.25, 0.3) is 0 Å². The van der Waals surface area contributed by atoms with E-state index in [-0.39, 0.29) is 0 Å². The van der Waals surface area contributed by atoms with Crippen LogP contribution in [-0.4, -0.2) is 15.0 Å². The molecule has 0 N–H and O–H groups in total. The van der Waals surface area contributed by atoms with Crippen LogP contribution in [0.25, 0.3) is 11.5 Å². The summed E-state index contributed by atoms with van der Waals surface area (Å²) >= 11 is 7.57. The number of rotatable bonds is 4. The van der Waals surface area contributed by atoms with E-state index in [1.165, 1.54) is 5.56 Å². The van der Waals surface area contributed by atoms with Crippen molar-refractivity contribution in [2.24, 2.45) is 0 Å². The largest absolute Gasteiger partial charge is 0.251 e. The molecule has 0 radical (unpaired) electrons. The van der Waals surface area contributed by atoms with Gasteiger partial charge in [-0.25, -0.2) is 9.97 Å². The van der Waals surface area contributed by atoms with E-state index in [9.17, 15) is 0 Å². The van der Waals surface area contributed by atoms with Crippen LogP contribution >= 0.6 is 23.4 Å². The summed E-state index contributed by atoms with van der Waals surface area (Å²) in [6.45, 7) is 1.97. The molecule has 0 amide bonds. The SMILES string of the molecule is Cc1cc(SCc2ccccc2)nc(-c2ccc(Cl)cn2)n1. The van der Waals surface area contributed by atoms with Gasteiger partial charge in [-0.3, -0.25) is 4.98 Å². The first-order valence-corrected chi connectivity index (χ1v) is 8.21. The van der Waals surface area contributed by atoms with Gasteiger partial charge in [0.2, 0.25) is 0 Å². The van der Waals surface area contributed by atoms with Crippen LogP contribution in [0.4, 0.5) is 0 Å². The van der Waals surface area contributed by atoms with Crippen LogP contribution in [0.3, 0.4) is 0 Å². The van der Waals surface area contributed by atoms with Crippen molar-refractivity contribution in [1.29, 1.82) is 0 Å². The van der Waals surface area contributed by atoms with Gasteiger partial charge in [0.1, 0.15) is 10.7 Å². The van der Waals surface area contributed by atoms with Crippen LogP contribution in [0.15, 0.2) is 59.8 Å². The zero-order chi connectivity index (χ0) is 15.4. The average Bonchev–Trinajstić information content (AvgIpc) is 2.54. The van der Waals surface area contributed by atoms with Gasteiger partial charge in [0.05, 0.1) is 5.02 Å². The first-order valence-electron chi connectivity index (χ1n) is 6.85. The van der Waals surface area contributed by atoms with Gasteiger partial charge in [-0.15, -0.1) is 11.8 Å². The molecule has 0 unspecified atom stereocenters. The maximum Gasteiger partial charge on any atom is 0.179 e. The maximum atomic E-state index is 5.87. The predicted octanol–water partition coefficient (Wildman–Crippen LogP) is 4.79. The van der Waals surface area contributed by atoms with Gasteiger partial charge < -0.3 is 0 Å². The molecule has 22 heavy (non-hydrogen) atoms. The number of hydrogen-bond acceptors (Lipinski definition) is 4. The number of benzene rings is 1. The molecule has 3 aromatic rings. The zero-order valence-corrected chi connectivity index (χ0v) is 13.6. The maximum absolute atomic E-state index is 5.87. The van der Waals surface area contributed by atoms with E-state index in [0.717, 1.165) is 22.2 Å². The number of hydrogen-bond donors (Lipinski definition) is 0. The molecular weight excluding hydrogens is 314 g/mol. The van der Waals surface area contributed by atoms with Crippen molar-refractivity contribution in [2.75, 3.05) is 0 Å². The molecule has 0 saturated carbocycles. The van der Waals surface area contributed by atoms with Crippen LogP contribution in [0, 0.1) is 6.92 Å². The normalized spacial score (nSPS) is 10.6. The van der Waals surface area contributed by atoms with Crippen molar-refractivity contribution in [3.05, 3.63) is 71.0 Å². The quantitative estimate of drug-likeness (QED) is 0.510. The second-order valence-corrected chi connectivity index (χ2v) is 6.24. The fourth-order valence-electron chi connectivity index (χ4n) is 1.97. The van der Waals surface area contributed by atoms with Crippen molar-refractivity contribution < 1.29 is 0 Å². The molecule has 2 aromatic heterocycles. The van der Waals surface area contributed by atoms with Crippen molar-refractivity contribution in [3.8, 4) is 11.5 Å². The molecule has 3 rings (SSSR count). The molecule has 0 atom stereocenters. The van der Waals surface area contributed by atoms with Gasteiger partial charge in [0.15, 0.2) is 5.82 Å². The smallest absolute Gasteiger partial charge is 0.179 e. The summed E-state index contributed by atoms with van der Waals surface area (Å²) in [4.78, 5) is 13.3. The minimum Gasteiger partial charge on any atom is -0.251 e. The Bertz CT molecular complexity index is 761. The zero-order valence-electron chi connectivity index (χ0n) is 12.0. The number of halogens is 1. The lowest BCUT2D eigenvalue weighted by Crippen LogP contribution is -1.96. The highest BCUT2D eigenvalue weighted by Gasteiger charge is 2.07. The summed E-state index contributed by atoms with van der Waals surface area (Å²) in [6, 6.07) is 16.0. The fourth-order valence-corrected chi connectivity index (χ4v) is 2.99. The molecule has 0 aliphatic carbocycles. The lowest BCUT2D eigenvalue weighted by molar-refractivity contribution is 1.00. The Hall–Kier alpha value is -1.91. The molecule has 1 aromatic carbocycles. The lowest BCUT2D eigenvalue weighted by atomic mass is 10.2. The highest BCUT2D eigenvalue weighted by atomic mass is 35.5. The van der Waals surface area contributed by atoms with Crippen LogP contribution < -0.4 is 0 Å². The lowest BCUT2D eigenvalue weighted by Gasteiger charge is -2.06. The third kappa shape index (κ3) is 3.84. The highest BCUT2D eigenvalue weighted by molar-refractivity contribution is 7.98. The number of aromatic nitrogens is 3. The first kappa shape index (κ1) is 15.0. The van der Waals surface area contributed by atoms with Crippen LogP contribution in [0.1, 0.15) is 11.3 Å². The van der Waals surface area contributed by atoms with Gasteiger partial charge in [-0.1, -0.05) is 41.9 Å². The molecule has 0 aliphatic heterocycles. The van der Waals surface area contributed by atoms with Gasteiger partial charge in [-0.2, -0.15) is 0 Å². The molecule has 110 valence electrons. The molecule has 2 heterocycles. The van der Waals surface area contributed by atoms with E-state index in [1.807, 2.05) is 37.3 Å². The van der Waals surface area contributed by atoms with Crippen LogP contribution in [0.5, 0.6) is 0 Å². The number of thioether (sulfide) groups is 1.